The van der Waals surface area contributed by atoms with Crippen molar-refractivity contribution >= 4 is 5.95 Å². The largest absolute Gasteiger partial charge is 0.338 e. The van der Waals surface area contributed by atoms with Gasteiger partial charge in [0.15, 0.2) is 0 Å². The van der Waals surface area contributed by atoms with Gasteiger partial charge in [-0.2, -0.15) is 0 Å². The molecule has 94 valence electrons. The van der Waals surface area contributed by atoms with Crippen molar-refractivity contribution in [3.63, 3.8) is 0 Å². The maximum Gasteiger partial charge on any atom is 0.225 e. The first-order chi connectivity index (χ1) is 7.97. The van der Waals surface area contributed by atoms with Crippen LogP contribution in [0, 0.1) is 6.92 Å². The number of anilines is 1. The Morgan fingerprint density at radius 1 is 1.00 bits per heavy atom. The Morgan fingerprint density at radius 3 is 2.00 bits per heavy atom. The zero-order valence-electron chi connectivity index (χ0n) is 11.3. The van der Waals surface area contributed by atoms with Gasteiger partial charge in [-0.15, -0.1) is 0 Å². The van der Waals surface area contributed by atoms with E-state index in [1.165, 1.54) is 0 Å². The zero-order chi connectivity index (χ0) is 12.5. The summed E-state index contributed by atoms with van der Waals surface area (Å²) in [6, 6.07) is 0. The molecule has 0 bridgehead atoms. The van der Waals surface area contributed by atoms with Gasteiger partial charge in [0.05, 0.1) is 0 Å². The van der Waals surface area contributed by atoms with Crippen LogP contribution in [0.2, 0.25) is 0 Å². The number of nitrogens with zero attached hydrogens (tertiary/aromatic N) is 4. The molecule has 4 nitrogen and oxygen atoms in total. The van der Waals surface area contributed by atoms with Crippen molar-refractivity contribution in [2.24, 2.45) is 0 Å². The molecule has 1 saturated heterocycles. The lowest BCUT2D eigenvalue weighted by Crippen LogP contribution is -2.53. The van der Waals surface area contributed by atoms with Gasteiger partial charge >= 0.3 is 0 Å². The van der Waals surface area contributed by atoms with Gasteiger partial charge < -0.3 is 4.90 Å². The van der Waals surface area contributed by atoms with Gasteiger partial charge in [-0.05, 0) is 33.3 Å². The molecular weight excluding hydrogens is 212 g/mol. The van der Waals surface area contributed by atoms with Crippen LogP contribution in [0.15, 0.2) is 12.4 Å². The molecule has 0 unspecified atom stereocenters. The quantitative estimate of drug-likeness (QED) is 0.740. The van der Waals surface area contributed by atoms with Crippen molar-refractivity contribution in [3.05, 3.63) is 18.0 Å². The maximum atomic E-state index is 4.39. The minimum Gasteiger partial charge on any atom is -0.338 e. The number of hydrogen-bond acceptors (Lipinski definition) is 4. The van der Waals surface area contributed by atoms with E-state index >= 15 is 0 Å². The maximum absolute atomic E-state index is 4.39. The fourth-order valence-corrected chi connectivity index (χ4v) is 2.13. The first-order valence-corrected chi connectivity index (χ1v) is 6.25. The summed E-state index contributed by atoms with van der Waals surface area (Å²) in [4.78, 5) is 13.5. The monoisotopic (exact) mass is 234 g/mol. The zero-order valence-corrected chi connectivity index (χ0v) is 11.3. The molecule has 0 aromatic carbocycles. The topological polar surface area (TPSA) is 32.3 Å². The van der Waals surface area contributed by atoms with Gasteiger partial charge in [0.25, 0.3) is 0 Å². The van der Waals surface area contributed by atoms with Gasteiger partial charge in [-0.1, -0.05) is 0 Å². The second-order valence-electron chi connectivity index (χ2n) is 5.71. The average Bonchev–Trinajstić information content (AvgIpc) is 2.29. The van der Waals surface area contributed by atoms with Crippen LogP contribution in [-0.4, -0.2) is 46.6 Å². The highest BCUT2D eigenvalue weighted by Crippen LogP contribution is 2.17. The van der Waals surface area contributed by atoms with Crippen molar-refractivity contribution in [1.29, 1.82) is 0 Å². The smallest absolute Gasteiger partial charge is 0.225 e. The Balaban J connectivity index is 1.97. The first-order valence-electron chi connectivity index (χ1n) is 6.25. The van der Waals surface area contributed by atoms with E-state index in [0.717, 1.165) is 37.7 Å². The number of piperazine rings is 1. The van der Waals surface area contributed by atoms with Crippen LogP contribution in [0.25, 0.3) is 0 Å². The molecule has 0 atom stereocenters. The third-order valence-corrected chi connectivity index (χ3v) is 3.28. The molecule has 0 aliphatic carbocycles. The summed E-state index contributed by atoms with van der Waals surface area (Å²) in [6.45, 7) is 13.0. The van der Waals surface area contributed by atoms with Crippen LogP contribution in [0.3, 0.4) is 0 Å². The number of rotatable bonds is 1. The second kappa shape index (κ2) is 4.61. The lowest BCUT2D eigenvalue weighted by atomic mass is 10.1. The Hall–Kier alpha value is -1.16. The van der Waals surface area contributed by atoms with E-state index in [2.05, 4.69) is 40.5 Å². The normalized spacial score (nSPS) is 18.5. The predicted octanol–water partition coefficient (Wildman–Crippen LogP) is 1.71. The van der Waals surface area contributed by atoms with Gasteiger partial charge in [0.1, 0.15) is 0 Å². The van der Waals surface area contributed by atoms with Crippen molar-refractivity contribution in [3.8, 4) is 0 Å². The minimum atomic E-state index is 0.264. The number of hydrogen-bond donors (Lipinski definition) is 0. The van der Waals surface area contributed by atoms with Crippen LogP contribution >= 0.6 is 0 Å². The number of aromatic nitrogens is 2. The molecule has 0 saturated carbocycles. The van der Waals surface area contributed by atoms with Crippen molar-refractivity contribution in [1.82, 2.24) is 14.9 Å². The van der Waals surface area contributed by atoms with Crippen molar-refractivity contribution < 1.29 is 0 Å². The third-order valence-electron chi connectivity index (χ3n) is 3.28. The van der Waals surface area contributed by atoms with E-state index in [1.54, 1.807) is 0 Å². The fourth-order valence-electron chi connectivity index (χ4n) is 2.13. The molecule has 0 N–H and O–H groups in total. The Kier molecular flexibility index (Phi) is 3.33. The SMILES string of the molecule is Cc1cnc(N2CCN(C(C)(C)C)CC2)nc1. The predicted molar refractivity (Wildman–Crippen MR) is 70.3 cm³/mol. The molecule has 0 radical (unpaired) electrons. The summed E-state index contributed by atoms with van der Waals surface area (Å²) in [7, 11) is 0. The Morgan fingerprint density at radius 2 is 1.53 bits per heavy atom. The summed E-state index contributed by atoms with van der Waals surface area (Å²) < 4.78 is 0. The molecule has 2 rings (SSSR count). The Labute approximate surface area is 104 Å². The minimum absolute atomic E-state index is 0.264. The van der Waals surface area contributed by atoms with Crippen LogP contribution in [0.4, 0.5) is 5.95 Å². The number of aryl methyl sites for hydroxylation is 1. The molecule has 4 heteroatoms. The van der Waals surface area contributed by atoms with Gasteiger partial charge in [0, 0.05) is 44.1 Å². The van der Waals surface area contributed by atoms with Gasteiger partial charge in [-0.3, -0.25) is 4.90 Å². The molecular formula is C13H22N4. The molecule has 1 fully saturated rings. The Bertz CT molecular complexity index is 358. The van der Waals surface area contributed by atoms with E-state index in [9.17, 15) is 0 Å². The molecule has 0 spiro atoms. The highest BCUT2D eigenvalue weighted by Gasteiger charge is 2.26. The average molecular weight is 234 g/mol. The highest BCUT2D eigenvalue weighted by atomic mass is 15.3. The summed E-state index contributed by atoms with van der Waals surface area (Å²) in [5.74, 6) is 0.865. The summed E-state index contributed by atoms with van der Waals surface area (Å²) in [5, 5.41) is 0. The molecule has 17 heavy (non-hydrogen) atoms. The van der Waals surface area contributed by atoms with E-state index < -0.39 is 0 Å². The lowest BCUT2D eigenvalue weighted by molar-refractivity contribution is 0.128. The van der Waals surface area contributed by atoms with Crippen LogP contribution in [0.1, 0.15) is 26.3 Å². The molecule has 1 aromatic heterocycles. The van der Waals surface area contributed by atoms with Crippen molar-refractivity contribution in [2.45, 2.75) is 33.2 Å². The van der Waals surface area contributed by atoms with E-state index in [0.29, 0.717) is 0 Å². The third kappa shape index (κ3) is 2.94. The van der Waals surface area contributed by atoms with Crippen LogP contribution < -0.4 is 4.90 Å². The van der Waals surface area contributed by atoms with Crippen molar-refractivity contribution in [2.75, 3.05) is 31.1 Å². The second-order valence-corrected chi connectivity index (χ2v) is 5.71. The van der Waals surface area contributed by atoms with E-state index in [1.807, 2.05) is 19.3 Å². The molecule has 1 aromatic rings. The molecule has 2 heterocycles. The lowest BCUT2D eigenvalue weighted by Gasteiger charge is -2.42. The summed E-state index contributed by atoms with van der Waals surface area (Å²) in [6.07, 6.45) is 3.77. The van der Waals surface area contributed by atoms with Gasteiger partial charge in [-0.25, -0.2) is 9.97 Å². The van der Waals surface area contributed by atoms with E-state index in [4.69, 9.17) is 0 Å². The molecule has 0 amide bonds. The first kappa shape index (κ1) is 12.3. The molecule has 1 aliphatic rings. The fraction of sp³-hybridized carbons (Fsp3) is 0.692. The molecule has 1 aliphatic heterocycles. The summed E-state index contributed by atoms with van der Waals surface area (Å²) >= 11 is 0. The highest BCUT2D eigenvalue weighted by molar-refractivity contribution is 5.30. The van der Waals surface area contributed by atoms with Crippen LogP contribution in [0.5, 0.6) is 0 Å². The van der Waals surface area contributed by atoms with Gasteiger partial charge in [0.2, 0.25) is 5.95 Å². The standard InChI is InChI=1S/C13H22N4/c1-11-9-14-12(15-10-11)16-5-7-17(8-6-16)13(2,3)4/h9-10H,5-8H2,1-4H3. The summed E-state index contributed by atoms with van der Waals surface area (Å²) in [5.41, 5.74) is 1.38. The van der Waals surface area contributed by atoms with E-state index in [-0.39, 0.29) is 5.54 Å². The van der Waals surface area contributed by atoms with Crippen LogP contribution in [-0.2, 0) is 0 Å².